The predicted molar refractivity (Wildman–Crippen MR) is 113 cm³/mol. The summed E-state index contributed by atoms with van der Waals surface area (Å²) in [7, 11) is 1.68. The van der Waals surface area contributed by atoms with Crippen molar-refractivity contribution < 1.29 is 9.84 Å². The number of nitrogens with one attached hydrogen (secondary N) is 1. The molecular formula is C20H23N5O3S. The monoisotopic (exact) mass is 413 g/mol. The molecule has 0 saturated carbocycles. The van der Waals surface area contributed by atoms with Crippen molar-refractivity contribution in [2.75, 3.05) is 31.6 Å². The minimum Gasteiger partial charge on any atom is -0.507 e. The van der Waals surface area contributed by atoms with E-state index in [1.54, 1.807) is 24.5 Å². The molecule has 0 amide bonds. The Balaban J connectivity index is 1.41. The van der Waals surface area contributed by atoms with Gasteiger partial charge in [0.2, 0.25) is 5.95 Å². The summed E-state index contributed by atoms with van der Waals surface area (Å²) in [6.07, 6.45) is 2.12. The Hall–Kier alpha value is -2.49. The van der Waals surface area contributed by atoms with Crippen molar-refractivity contribution in [3.63, 3.8) is 0 Å². The fourth-order valence-corrected chi connectivity index (χ4v) is 4.84. The molecule has 1 atom stereocenters. The molecular weight excluding hydrogens is 390 g/mol. The number of phenols is 1. The minimum atomic E-state index is -0.285. The summed E-state index contributed by atoms with van der Waals surface area (Å²) in [5.41, 5.74) is 0.275. The third kappa shape index (κ3) is 3.29. The zero-order chi connectivity index (χ0) is 20.0. The summed E-state index contributed by atoms with van der Waals surface area (Å²) in [6.45, 7) is 3.59. The largest absolute Gasteiger partial charge is 0.507 e. The number of likely N-dealkylation sites (tertiary alicyclic amines) is 1. The maximum Gasteiger partial charge on any atom is 0.281 e. The van der Waals surface area contributed by atoms with E-state index >= 15 is 0 Å². The van der Waals surface area contributed by atoms with Crippen LogP contribution in [0, 0.1) is 0 Å². The lowest BCUT2D eigenvalue weighted by Gasteiger charge is -2.42. The number of ether oxygens (including phenoxy) is 1. The first-order valence-electron chi connectivity index (χ1n) is 9.83. The van der Waals surface area contributed by atoms with Crippen molar-refractivity contribution in [1.29, 1.82) is 0 Å². The van der Waals surface area contributed by atoms with Crippen molar-refractivity contribution >= 4 is 27.4 Å². The van der Waals surface area contributed by atoms with Gasteiger partial charge in [0, 0.05) is 29.7 Å². The number of thiophene rings is 1. The highest BCUT2D eigenvalue weighted by Crippen LogP contribution is 2.36. The van der Waals surface area contributed by atoms with Crippen molar-refractivity contribution in [1.82, 2.24) is 19.7 Å². The second-order valence-electron chi connectivity index (χ2n) is 7.70. The van der Waals surface area contributed by atoms with Crippen LogP contribution in [-0.2, 0) is 11.8 Å². The molecule has 4 heterocycles. The predicted octanol–water partition coefficient (Wildman–Crippen LogP) is 2.04. The van der Waals surface area contributed by atoms with Crippen LogP contribution < -0.4 is 10.9 Å². The van der Waals surface area contributed by atoms with Gasteiger partial charge in [-0.05, 0) is 43.0 Å². The number of phenolic OH excluding ortho intramolecular Hbond substituents is 1. The summed E-state index contributed by atoms with van der Waals surface area (Å²) in [5.74, 6) is 0.521. The van der Waals surface area contributed by atoms with Crippen molar-refractivity contribution in [2.24, 2.45) is 7.05 Å². The van der Waals surface area contributed by atoms with Gasteiger partial charge in [-0.3, -0.25) is 14.3 Å². The van der Waals surface area contributed by atoms with E-state index in [9.17, 15) is 9.90 Å². The number of fused-ring (bicyclic) bond motifs is 1. The Labute approximate surface area is 171 Å². The fraction of sp³-hybridized carbons (Fsp3) is 0.450. The first-order valence-corrected chi connectivity index (χ1v) is 10.7. The summed E-state index contributed by atoms with van der Waals surface area (Å²) in [4.78, 5) is 15.4. The second kappa shape index (κ2) is 7.40. The summed E-state index contributed by atoms with van der Waals surface area (Å²) >= 11 is 1.54. The van der Waals surface area contributed by atoms with Gasteiger partial charge in [0.15, 0.2) is 5.69 Å². The summed E-state index contributed by atoms with van der Waals surface area (Å²) in [5, 5.41) is 25.1. The lowest BCUT2D eigenvalue weighted by Crippen LogP contribution is -2.55. The van der Waals surface area contributed by atoms with Crippen LogP contribution in [-0.4, -0.2) is 63.2 Å². The van der Waals surface area contributed by atoms with E-state index in [1.165, 1.54) is 4.57 Å². The summed E-state index contributed by atoms with van der Waals surface area (Å²) < 4.78 is 7.76. The SMILES string of the molecule is Cn1c(N[C@@H]2CCCN(C3COC3)C2)nnc(-c2ccc3sccc3c2O)c1=O. The molecule has 29 heavy (non-hydrogen) atoms. The molecule has 2 saturated heterocycles. The highest BCUT2D eigenvalue weighted by atomic mass is 32.1. The van der Waals surface area contributed by atoms with Gasteiger partial charge in [0.1, 0.15) is 5.75 Å². The van der Waals surface area contributed by atoms with E-state index in [0.717, 1.165) is 49.2 Å². The van der Waals surface area contributed by atoms with Gasteiger partial charge < -0.3 is 15.2 Å². The minimum absolute atomic E-state index is 0.0708. The Morgan fingerprint density at radius 3 is 2.93 bits per heavy atom. The Bertz CT molecular complexity index is 1110. The molecule has 152 valence electrons. The van der Waals surface area contributed by atoms with E-state index in [2.05, 4.69) is 20.4 Å². The Morgan fingerprint density at radius 1 is 1.28 bits per heavy atom. The van der Waals surface area contributed by atoms with Gasteiger partial charge in [-0.15, -0.1) is 21.5 Å². The van der Waals surface area contributed by atoms with Crippen molar-refractivity contribution in [3.8, 4) is 17.0 Å². The van der Waals surface area contributed by atoms with Gasteiger partial charge in [0.25, 0.3) is 5.56 Å². The molecule has 0 aliphatic carbocycles. The number of nitrogens with zero attached hydrogens (tertiary/aromatic N) is 4. The Kier molecular flexibility index (Phi) is 4.73. The van der Waals surface area contributed by atoms with Crippen LogP contribution in [0.5, 0.6) is 5.75 Å². The Morgan fingerprint density at radius 2 is 2.14 bits per heavy atom. The quantitative estimate of drug-likeness (QED) is 0.676. The topological polar surface area (TPSA) is 92.5 Å². The molecule has 3 aromatic rings. The van der Waals surface area contributed by atoms with E-state index in [4.69, 9.17) is 4.74 Å². The van der Waals surface area contributed by atoms with Crippen LogP contribution in [0.25, 0.3) is 21.3 Å². The second-order valence-corrected chi connectivity index (χ2v) is 8.65. The molecule has 2 aliphatic heterocycles. The van der Waals surface area contributed by atoms with E-state index in [-0.39, 0.29) is 23.0 Å². The molecule has 0 bridgehead atoms. The van der Waals surface area contributed by atoms with Crippen LogP contribution in [0.3, 0.4) is 0 Å². The number of hydrogen-bond acceptors (Lipinski definition) is 8. The van der Waals surface area contributed by atoms with E-state index < -0.39 is 0 Å². The molecule has 2 aromatic heterocycles. The molecule has 9 heteroatoms. The van der Waals surface area contributed by atoms with E-state index in [0.29, 0.717) is 17.6 Å². The average molecular weight is 414 g/mol. The first-order chi connectivity index (χ1) is 14.1. The van der Waals surface area contributed by atoms with Crippen LogP contribution in [0.15, 0.2) is 28.4 Å². The van der Waals surface area contributed by atoms with Crippen LogP contribution in [0.2, 0.25) is 0 Å². The smallest absolute Gasteiger partial charge is 0.281 e. The highest BCUT2D eigenvalue weighted by Gasteiger charge is 2.30. The van der Waals surface area contributed by atoms with Gasteiger partial charge in [-0.2, -0.15) is 0 Å². The number of hydrogen-bond donors (Lipinski definition) is 2. The zero-order valence-electron chi connectivity index (χ0n) is 16.2. The molecule has 1 aromatic carbocycles. The number of piperidine rings is 1. The zero-order valence-corrected chi connectivity index (χ0v) is 17.0. The molecule has 2 fully saturated rings. The maximum absolute atomic E-state index is 13.0. The lowest BCUT2D eigenvalue weighted by atomic mass is 10.0. The first kappa shape index (κ1) is 18.5. The van der Waals surface area contributed by atoms with Crippen molar-refractivity contribution in [3.05, 3.63) is 33.9 Å². The standard InChI is InChI=1S/C20H23N5O3S/c1-24-19(27)17(15-4-5-16-14(18(15)26)6-8-29-16)22-23-20(24)21-12-3-2-7-25(9-12)13-10-28-11-13/h4-6,8,12-13,26H,2-3,7,9-11H2,1H3,(H,21,23)/t12-/m1/s1. The fourth-order valence-electron chi connectivity index (χ4n) is 4.05. The number of aromatic hydroxyl groups is 1. The molecule has 2 aliphatic rings. The number of rotatable bonds is 4. The van der Waals surface area contributed by atoms with Gasteiger partial charge >= 0.3 is 0 Å². The number of benzene rings is 1. The molecule has 5 rings (SSSR count). The number of anilines is 1. The normalized spacial score (nSPS) is 20.7. The molecule has 0 unspecified atom stereocenters. The van der Waals surface area contributed by atoms with Gasteiger partial charge in [0.05, 0.1) is 24.8 Å². The molecule has 8 nitrogen and oxygen atoms in total. The lowest BCUT2D eigenvalue weighted by molar-refractivity contribution is -0.0710. The average Bonchev–Trinajstić information content (AvgIpc) is 3.15. The molecule has 0 spiro atoms. The third-order valence-electron chi connectivity index (χ3n) is 5.85. The molecule has 2 N–H and O–H groups in total. The van der Waals surface area contributed by atoms with Crippen LogP contribution in [0.4, 0.5) is 5.95 Å². The van der Waals surface area contributed by atoms with Crippen molar-refractivity contribution in [2.45, 2.75) is 24.9 Å². The van der Waals surface area contributed by atoms with Crippen LogP contribution in [0.1, 0.15) is 12.8 Å². The summed E-state index contributed by atoms with van der Waals surface area (Å²) in [6, 6.07) is 6.18. The highest BCUT2D eigenvalue weighted by molar-refractivity contribution is 7.17. The third-order valence-corrected chi connectivity index (χ3v) is 6.74. The van der Waals surface area contributed by atoms with Crippen LogP contribution >= 0.6 is 11.3 Å². The number of aromatic nitrogens is 3. The maximum atomic E-state index is 13.0. The van der Waals surface area contributed by atoms with Gasteiger partial charge in [-0.1, -0.05) is 0 Å². The van der Waals surface area contributed by atoms with E-state index in [1.807, 2.05) is 17.5 Å². The molecule has 0 radical (unpaired) electrons. The van der Waals surface area contributed by atoms with Gasteiger partial charge in [-0.25, -0.2) is 0 Å².